The van der Waals surface area contributed by atoms with Crippen molar-refractivity contribution in [2.45, 2.75) is 73.7 Å². The molecule has 1 aliphatic heterocycles. The lowest BCUT2D eigenvalue weighted by Crippen LogP contribution is -2.41. The number of rotatable bonds is 9. The van der Waals surface area contributed by atoms with Gasteiger partial charge in [0.25, 0.3) is 0 Å². The zero-order valence-electron chi connectivity index (χ0n) is 16.5. The van der Waals surface area contributed by atoms with E-state index in [1.165, 1.54) is 6.92 Å². The summed E-state index contributed by atoms with van der Waals surface area (Å²) < 4.78 is 22.8. The summed E-state index contributed by atoms with van der Waals surface area (Å²) in [5.74, 6) is -0.0673. The lowest BCUT2D eigenvalue weighted by molar-refractivity contribution is -0.229. The first-order chi connectivity index (χ1) is 11.0. The summed E-state index contributed by atoms with van der Waals surface area (Å²) in [4.78, 5) is 11.0. The van der Waals surface area contributed by atoms with Crippen molar-refractivity contribution in [1.29, 1.82) is 0 Å². The molecule has 0 aromatic heterocycles. The van der Waals surface area contributed by atoms with E-state index in [0.717, 1.165) is 19.4 Å². The molecule has 5 heteroatoms. The maximum atomic E-state index is 11.0. The van der Waals surface area contributed by atoms with Crippen molar-refractivity contribution in [3.8, 4) is 0 Å². The number of esters is 1. The predicted octanol–water partition coefficient (Wildman–Crippen LogP) is 3.80. The minimum absolute atomic E-state index is 0.0698. The van der Waals surface area contributed by atoms with E-state index in [-0.39, 0.29) is 35.1 Å². The van der Waals surface area contributed by atoms with Gasteiger partial charge in [-0.05, 0) is 18.3 Å². The fourth-order valence-corrected chi connectivity index (χ4v) is 2.54. The second-order valence-electron chi connectivity index (χ2n) is 8.63. The molecule has 1 saturated heterocycles. The number of hydrogen-bond acceptors (Lipinski definition) is 5. The van der Waals surface area contributed by atoms with Crippen LogP contribution in [0.1, 0.15) is 61.3 Å². The van der Waals surface area contributed by atoms with Crippen LogP contribution in [0.15, 0.2) is 0 Å². The highest BCUT2D eigenvalue weighted by molar-refractivity contribution is 5.66. The monoisotopic (exact) mass is 344 g/mol. The van der Waals surface area contributed by atoms with Gasteiger partial charge in [0, 0.05) is 18.3 Å². The molecule has 0 saturated carbocycles. The highest BCUT2D eigenvalue weighted by Gasteiger charge is 2.32. The molecule has 1 fully saturated rings. The molecule has 0 bridgehead atoms. The van der Waals surface area contributed by atoms with Crippen LogP contribution in [0.5, 0.6) is 0 Å². The molecule has 0 N–H and O–H groups in total. The molecule has 1 aliphatic rings. The molecule has 0 aliphatic carbocycles. The molecule has 5 nitrogen and oxygen atoms in total. The van der Waals surface area contributed by atoms with Gasteiger partial charge in [0.05, 0.1) is 26.4 Å². The van der Waals surface area contributed by atoms with Gasteiger partial charge in [-0.1, -0.05) is 41.5 Å². The van der Waals surface area contributed by atoms with Gasteiger partial charge < -0.3 is 18.9 Å². The van der Waals surface area contributed by atoms with Crippen molar-refractivity contribution < 1.29 is 23.7 Å². The fraction of sp³-hybridized carbons (Fsp3) is 0.947. The van der Waals surface area contributed by atoms with Crippen LogP contribution in [0, 0.1) is 16.7 Å². The van der Waals surface area contributed by atoms with Crippen molar-refractivity contribution in [2.24, 2.45) is 16.7 Å². The van der Waals surface area contributed by atoms with Crippen molar-refractivity contribution in [3.05, 3.63) is 0 Å². The van der Waals surface area contributed by atoms with Crippen LogP contribution in [-0.4, -0.2) is 44.8 Å². The van der Waals surface area contributed by atoms with Crippen molar-refractivity contribution in [1.82, 2.24) is 0 Å². The van der Waals surface area contributed by atoms with Crippen molar-refractivity contribution >= 4 is 5.97 Å². The second-order valence-corrected chi connectivity index (χ2v) is 8.63. The summed E-state index contributed by atoms with van der Waals surface area (Å²) in [5, 5.41) is 0. The summed E-state index contributed by atoms with van der Waals surface area (Å²) in [6.07, 6.45) is 1.46. The van der Waals surface area contributed by atoms with Gasteiger partial charge in [-0.3, -0.25) is 4.79 Å². The van der Waals surface area contributed by atoms with Gasteiger partial charge in [0.1, 0.15) is 6.10 Å². The molecule has 24 heavy (non-hydrogen) atoms. The topological polar surface area (TPSA) is 54.0 Å². The number of ether oxygens (including phenoxy) is 4. The Balaban J connectivity index is 2.33. The Bertz CT molecular complexity index is 391. The quantitative estimate of drug-likeness (QED) is 0.596. The maximum absolute atomic E-state index is 11.0. The third kappa shape index (κ3) is 7.95. The molecule has 0 radical (unpaired) electrons. The standard InChI is InChI=1S/C19H36O5/c1-8-18(4,5)11-21-12-19(6,7)13-23-17-14(2)9-16(10-22-17)24-15(3)20/h14,16-17H,8-13H2,1-7H3/t14-,16-,17?/m1/s1. The van der Waals surface area contributed by atoms with E-state index in [4.69, 9.17) is 18.9 Å². The van der Waals surface area contributed by atoms with Crippen molar-refractivity contribution in [2.75, 3.05) is 26.4 Å². The Morgan fingerprint density at radius 3 is 2.29 bits per heavy atom. The van der Waals surface area contributed by atoms with Crippen LogP contribution in [0.4, 0.5) is 0 Å². The number of hydrogen-bond donors (Lipinski definition) is 0. The van der Waals surface area contributed by atoms with Gasteiger partial charge in [0.15, 0.2) is 6.29 Å². The highest BCUT2D eigenvalue weighted by atomic mass is 16.7. The summed E-state index contributed by atoms with van der Waals surface area (Å²) in [5.41, 5.74) is 0.142. The van der Waals surface area contributed by atoms with Gasteiger partial charge >= 0.3 is 5.97 Å². The maximum Gasteiger partial charge on any atom is 0.302 e. The highest BCUT2D eigenvalue weighted by Crippen LogP contribution is 2.27. The van der Waals surface area contributed by atoms with Crippen molar-refractivity contribution in [3.63, 3.8) is 0 Å². The first-order valence-electron chi connectivity index (χ1n) is 9.03. The molecule has 1 heterocycles. The first-order valence-corrected chi connectivity index (χ1v) is 9.03. The van der Waals surface area contributed by atoms with Gasteiger partial charge in [-0.25, -0.2) is 0 Å². The number of carbonyl (C=O) groups excluding carboxylic acids is 1. The van der Waals surface area contributed by atoms with Crippen LogP contribution < -0.4 is 0 Å². The lowest BCUT2D eigenvalue weighted by Gasteiger charge is -2.36. The molecule has 0 aromatic rings. The molecule has 3 atom stereocenters. The van der Waals surface area contributed by atoms with E-state index < -0.39 is 0 Å². The van der Waals surface area contributed by atoms with Gasteiger partial charge in [-0.15, -0.1) is 0 Å². The predicted molar refractivity (Wildman–Crippen MR) is 93.7 cm³/mol. The summed E-state index contributed by atoms with van der Waals surface area (Å²) >= 11 is 0. The Labute approximate surface area is 147 Å². The second kappa shape index (κ2) is 9.16. The lowest BCUT2D eigenvalue weighted by atomic mass is 9.91. The largest absolute Gasteiger partial charge is 0.460 e. The van der Waals surface area contributed by atoms with Gasteiger partial charge in [-0.2, -0.15) is 0 Å². The molecular weight excluding hydrogens is 308 g/mol. The van der Waals surface area contributed by atoms with Crippen LogP contribution in [0.2, 0.25) is 0 Å². The SMILES string of the molecule is CCC(C)(C)COCC(C)(C)COC1OC[C@H](OC(C)=O)C[C@H]1C. The van der Waals surface area contributed by atoms with Crippen LogP contribution >= 0.6 is 0 Å². The van der Waals surface area contributed by atoms with Gasteiger partial charge in [0.2, 0.25) is 0 Å². The molecular formula is C19H36O5. The normalized spacial score (nSPS) is 25.5. The summed E-state index contributed by atoms with van der Waals surface area (Å²) in [7, 11) is 0. The Hall–Kier alpha value is -0.650. The van der Waals surface area contributed by atoms with E-state index in [9.17, 15) is 4.79 Å². The zero-order chi connectivity index (χ0) is 18.4. The first kappa shape index (κ1) is 21.4. The van der Waals surface area contributed by atoms with E-state index >= 15 is 0 Å². The molecule has 142 valence electrons. The van der Waals surface area contributed by atoms with Crippen LogP contribution in [0.25, 0.3) is 0 Å². The summed E-state index contributed by atoms with van der Waals surface area (Å²) in [6, 6.07) is 0. The third-order valence-corrected chi connectivity index (χ3v) is 4.46. The molecule has 0 amide bonds. The molecule has 1 rings (SSSR count). The van der Waals surface area contributed by atoms with E-state index in [0.29, 0.717) is 19.8 Å². The zero-order valence-corrected chi connectivity index (χ0v) is 16.5. The molecule has 1 unspecified atom stereocenters. The smallest absolute Gasteiger partial charge is 0.302 e. The third-order valence-electron chi connectivity index (χ3n) is 4.46. The van der Waals surface area contributed by atoms with E-state index in [2.05, 4.69) is 41.5 Å². The average molecular weight is 344 g/mol. The van der Waals surface area contributed by atoms with Crippen LogP contribution in [-0.2, 0) is 23.7 Å². The minimum atomic E-state index is -0.261. The van der Waals surface area contributed by atoms with Crippen LogP contribution in [0.3, 0.4) is 0 Å². The molecule has 0 spiro atoms. The van der Waals surface area contributed by atoms with E-state index in [1.807, 2.05) is 0 Å². The Kier molecular flexibility index (Phi) is 8.16. The minimum Gasteiger partial charge on any atom is -0.460 e. The molecule has 0 aromatic carbocycles. The average Bonchev–Trinajstić information content (AvgIpc) is 2.45. The Morgan fingerprint density at radius 1 is 1.12 bits per heavy atom. The van der Waals surface area contributed by atoms with E-state index in [1.54, 1.807) is 0 Å². The summed E-state index contributed by atoms with van der Waals surface area (Å²) in [6.45, 7) is 16.8. The Morgan fingerprint density at radius 2 is 1.75 bits per heavy atom. The number of carbonyl (C=O) groups is 1. The fourth-order valence-electron chi connectivity index (χ4n) is 2.54.